The third kappa shape index (κ3) is 4.30. The molecule has 1 heterocycles. The van der Waals surface area contributed by atoms with Crippen LogP contribution < -0.4 is 5.32 Å². The highest BCUT2D eigenvalue weighted by Crippen LogP contribution is 1.99. The fraction of sp³-hybridized carbons (Fsp3) is 0.600. The molecule has 0 aliphatic heterocycles. The van der Waals surface area contributed by atoms with E-state index < -0.39 is 0 Å². The summed E-state index contributed by atoms with van der Waals surface area (Å²) in [5.74, 6) is 0.504. The van der Waals surface area contributed by atoms with Gasteiger partial charge in [-0.3, -0.25) is 0 Å². The SMILES string of the molecule is CC(CCO)CNCc1cncnc1. The Hall–Kier alpha value is -1.00. The van der Waals surface area contributed by atoms with Crippen LogP contribution in [0.3, 0.4) is 0 Å². The monoisotopic (exact) mass is 195 g/mol. The molecular formula is C10H17N3O. The van der Waals surface area contributed by atoms with Crippen molar-refractivity contribution >= 4 is 0 Å². The second-order valence-corrected chi connectivity index (χ2v) is 3.50. The van der Waals surface area contributed by atoms with Gasteiger partial charge in [-0.15, -0.1) is 0 Å². The summed E-state index contributed by atoms with van der Waals surface area (Å²) in [6.45, 7) is 4.08. The van der Waals surface area contributed by atoms with Crippen molar-refractivity contribution in [2.24, 2.45) is 5.92 Å². The predicted octanol–water partition coefficient (Wildman–Crippen LogP) is 0.585. The van der Waals surface area contributed by atoms with Gasteiger partial charge in [-0.25, -0.2) is 9.97 Å². The van der Waals surface area contributed by atoms with Gasteiger partial charge >= 0.3 is 0 Å². The molecule has 0 aliphatic rings. The average Bonchev–Trinajstić information content (AvgIpc) is 2.20. The maximum absolute atomic E-state index is 8.71. The molecule has 0 bridgehead atoms. The first kappa shape index (κ1) is 11.1. The fourth-order valence-corrected chi connectivity index (χ4v) is 1.21. The molecule has 4 heteroatoms. The van der Waals surface area contributed by atoms with Gasteiger partial charge in [-0.1, -0.05) is 6.92 Å². The Balaban J connectivity index is 2.16. The third-order valence-electron chi connectivity index (χ3n) is 2.06. The molecule has 0 amide bonds. The molecule has 0 aromatic carbocycles. The Morgan fingerprint density at radius 3 is 2.79 bits per heavy atom. The van der Waals surface area contributed by atoms with Crippen LogP contribution in [0.15, 0.2) is 18.7 Å². The number of rotatable bonds is 6. The molecule has 1 unspecified atom stereocenters. The number of nitrogens with zero attached hydrogens (tertiary/aromatic N) is 2. The molecule has 14 heavy (non-hydrogen) atoms. The standard InChI is InChI=1S/C10H17N3O/c1-9(2-3-14)4-11-5-10-6-12-8-13-7-10/h6-9,11,14H,2-5H2,1H3. The van der Waals surface area contributed by atoms with Crippen molar-refractivity contribution in [1.82, 2.24) is 15.3 Å². The number of aromatic nitrogens is 2. The van der Waals surface area contributed by atoms with Gasteiger partial charge < -0.3 is 10.4 Å². The molecule has 1 atom stereocenters. The zero-order valence-corrected chi connectivity index (χ0v) is 8.48. The van der Waals surface area contributed by atoms with E-state index in [0.29, 0.717) is 5.92 Å². The molecule has 1 aromatic heterocycles. The first-order valence-corrected chi connectivity index (χ1v) is 4.88. The maximum atomic E-state index is 8.71. The zero-order valence-electron chi connectivity index (χ0n) is 8.48. The van der Waals surface area contributed by atoms with E-state index in [9.17, 15) is 0 Å². The lowest BCUT2D eigenvalue weighted by Gasteiger charge is -2.10. The van der Waals surface area contributed by atoms with Gasteiger partial charge in [0.1, 0.15) is 6.33 Å². The summed E-state index contributed by atoms with van der Waals surface area (Å²) < 4.78 is 0. The van der Waals surface area contributed by atoms with Gasteiger partial charge in [0, 0.05) is 31.1 Å². The highest BCUT2D eigenvalue weighted by atomic mass is 16.3. The van der Waals surface area contributed by atoms with Crippen LogP contribution in [0.2, 0.25) is 0 Å². The van der Waals surface area contributed by atoms with Gasteiger partial charge in [0.15, 0.2) is 0 Å². The van der Waals surface area contributed by atoms with Crippen LogP contribution in [-0.2, 0) is 6.54 Å². The largest absolute Gasteiger partial charge is 0.396 e. The number of aliphatic hydroxyl groups excluding tert-OH is 1. The van der Waals surface area contributed by atoms with Crippen LogP contribution in [0.1, 0.15) is 18.9 Å². The summed E-state index contributed by atoms with van der Waals surface area (Å²) in [5.41, 5.74) is 1.09. The van der Waals surface area contributed by atoms with Gasteiger partial charge in [-0.2, -0.15) is 0 Å². The first-order chi connectivity index (χ1) is 6.83. The lowest BCUT2D eigenvalue weighted by atomic mass is 10.1. The maximum Gasteiger partial charge on any atom is 0.115 e. The zero-order chi connectivity index (χ0) is 10.2. The van der Waals surface area contributed by atoms with E-state index in [0.717, 1.165) is 25.1 Å². The second-order valence-electron chi connectivity index (χ2n) is 3.50. The van der Waals surface area contributed by atoms with E-state index in [1.54, 1.807) is 12.4 Å². The normalized spacial score (nSPS) is 12.7. The van der Waals surface area contributed by atoms with E-state index in [1.165, 1.54) is 6.33 Å². The summed E-state index contributed by atoms with van der Waals surface area (Å²) in [7, 11) is 0. The van der Waals surface area contributed by atoms with Gasteiger partial charge in [0.25, 0.3) is 0 Å². The minimum Gasteiger partial charge on any atom is -0.396 e. The molecule has 1 aromatic rings. The summed E-state index contributed by atoms with van der Waals surface area (Å²) in [6.07, 6.45) is 5.98. The summed E-state index contributed by atoms with van der Waals surface area (Å²) in [5, 5.41) is 12.0. The number of nitrogens with one attached hydrogen (secondary N) is 1. The topological polar surface area (TPSA) is 58.0 Å². The quantitative estimate of drug-likeness (QED) is 0.697. The molecule has 0 spiro atoms. The molecule has 78 valence electrons. The molecule has 0 aliphatic carbocycles. The minimum atomic E-state index is 0.261. The van der Waals surface area contributed by atoms with Gasteiger partial charge in [-0.05, 0) is 18.9 Å². The van der Waals surface area contributed by atoms with Crippen molar-refractivity contribution < 1.29 is 5.11 Å². The van der Waals surface area contributed by atoms with Crippen LogP contribution in [0, 0.1) is 5.92 Å². The Labute approximate surface area is 84.4 Å². The summed E-state index contributed by atoms with van der Waals surface area (Å²) in [4.78, 5) is 7.86. The van der Waals surface area contributed by atoms with Gasteiger partial charge in [0.05, 0.1) is 0 Å². The van der Waals surface area contributed by atoms with Crippen LogP contribution in [0.4, 0.5) is 0 Å². The Kier molecular flexibility index (Phi) is 5.11. The van der Waals surface area contributed by atoms with Crippen molar-refractivity contribution in [3.05, 3.63) is 24.3 Å². The highest BCUT2D eigenvalue weighted by molar-refractivity contribution is 5.01. The lowest BCUT2D eigenvalue weighted by molar-refractivity contribution is 0.260. The molecule has 4 nitrogen and oxygen atoms in total. The van der Waals surface area contributed by atoms with E-state index in [-0.39, 0.29) is 6.61 Å². The van der Waals surface area contributed by atoms with E-state index in [4.69, 9.17) is 5.11 Å². The van der Waals surface area contributed by atoms with Crippen molar-refractivity contribution in [2.45, 2.75) is 19.9 Å². The number of hydrogen-bond acceptors (Lipinski definition) is 4. The van der Waals surface area contributed by atoms with Crippen molar-refractivity contribution in [3.8, 4) is 0 Å². The van der Waals surface area contributed by atoms with Crippen LogP contribution in [-0.4, -0.2) is 28.2 Å². The Morgan fingerprint density at radius 2 is 2.14 bits per heavy atom. The second kappa shape index (κ2) is 6.45. The molecule has 2 N–H and O–H groups in total. The molecular weight excluding hydrogens is 178 g/mol. The third-order valence-corrected chi connectivity index (χ3v) is 2.06. The predicted molar refractivity (Wildman–Crippen MR) is 54.6 cm³/mol. The fourth-order valence-electron chi connectivity index (χ4n) is 1.21. The van der Waals surface area contributed by atoms with Crippen molar-refractivity contribution in [3.63, 3.8) is 0 Å². The lowest BCUT2D eigenvalue weighted by Crippen LogP contribution is -2.21. The summed E-state index contributed by atoms with van der Waals surface area (Å²) in [6, 6.07) is 0. The molecule has 0 fully saturated rings. The number of aliphatic hydroxyl groups is 1. The van der Waals surface area contributed by atoms with Crippen LogP contribution in [0.5, 0.6) is 0 Å². The van der Waals surface area contributed by atoms with Crippen molar-refractivity contribution in [1.29, 1.82) is 0 Å². The first-order valence-electron chi connectivity index (χ1n) is 4.88. The smallest absolute Gasteiger partial charge is 0.115 e. The van der Waals surface area contributed by atoms with Gasteiger partial charge in [0.2, 0.25) is 0 Å². The molecule has 0 saturated heterocycles. The number of hydrogen-bond donors (Lipinski definition) is 2. The molecule has 0 radical (unpaired) electrons. The minimum absolute atomic E-state index is 0.261. The Morgan fingerprint density at radius 1 is 1.43 bits per heavy atom. The van der Waals surface area contributed by atoms with E-state index in [2.05, 4.69) is 22.2 Å². The Bertz CT molecular complexity index is 240. The average molecular weight is 195 g/mol. The van der Waals surface area contributed by atoms with E-state index >= 15 is 0 Å². The van der Waals surface area contributed by atoms with Crippen molar-refractivity contribution in [2.75, 3.05) is 13.2 Å². The molecule has 0 saturated carbocycles. The highest BCUT2D eigenvalue weighted by Gasteiger charge is 2.00. The van der Waals surface area contributed by atoms with E-state index in [1.807, 2.05) is 0 Å². The van der Waals surface area contributed by atoms with Crippen LogP contribution >= 0.6 is 0 Å². The molecule has 1 rings (SSSR count). The summed E-state index contributed by atoms with van der Waals surface area (Å²) >= 11 is 0. The van der Waals surface area contributed by atoms with Crippen LogP contribution in [0.25, 0.3) is 0 Å².